The van der Waals surface area contributed by atoms with E-state index < -0.39 is 0 Å². The number of hydrogen-bond acceptors (Lipinski definition) is 3. The maximum atomic E-state index is 4.06. The summed E-state index contributed by atoms with van der Waals surface area (Å²) in [7, 11) is 2.22. The maximum Gasteiger partial charge on any atom is 0.0295 e. The zero-order chi connectivity index (χ0) is 12.3. The van der Waals surface area contributed by atoms with Crippen molar-refractivity contribution in [2.75, 3.05) is 13.6 Å². The molecule has 1 aliphatic heterocycles. The molecule has 0 aromatic carbocycles. The molecule has 0 spiro atoms. The lowest BCUT2D eigenvalue weighted by molar-refractivity contribution is 0.163. The fourth-order valence-electron chi connectivity index (χ4n) is 2.54. The Labute approximate surface area is 104 Å². The quantitative estimate of drug-likeness (QED) is 0.867. The minimum absolute atomic E-state index is 0.415. The number of nitrogens with zero attached hydrogens (tertiary/aromatic N) is 2. The molecule has 1 saturated heterocycles. The zero-order valence-corrected chi connectivity index (χ0v) is 11.1. The summed E-state index contributed by atoms with van der Waals surface area (Å²) in [6.45, 7) is 5.74. The highest BCUT2D eigenvalue weighted by Crippen LogP contribution is 2.19. The summed E-state index contributed by atoms with van der Waals surface area (Å²) in [5, 5.41) is 3.73. The maximum absolute atomic E-state index is 4.06. The lowest BCUT2D eigenvalue weighted by Crippen LogP contribution is -2.46. The van der Waals surface area contributed by atoms with Gasteiger partial charge in [0.05, 0.1) is 0 Å². The van der Waals surface area contributed by atoms with Crippen LogP contribution in [0.3, 0.4) is 0 Å². The summed E-state index contributed by atoms with van der Waals surface area (Å²) in [6, 6.07) is 5.93. The minimum atomic E-state index is 0.415. The van der Waals surface area contributed by atoms with Crippen molar-refractivity contribution in [2.45, 2.75) is 44.8 Å². The van der Waals surface area contributed by atoms with E-state index in [1.165, 1.54) is 24.9 Å². The average Bonchev–Trinajstić information content (AvgIpc) is 2.35. The Bertz CT molecular complexity index is 339. The van der Waals surface area contributed by atoms with Gasteiger partial charge in [0.1, 0.15) is 0 Å². The van der Waals surface area contributed by atoms with Crippen LogP contribution in [0.5, 0.6) is 0 Å². The van der Waals surface area contributed by atoms with Gasteiger partial charge < -0.3 is 10.2 Å². The molecule has 0 radical (unpaired) electrons. The SMILES string of the molecule is CC1CC(N[C@@H](C)c2ccncc2)CCN1C. The Morgan fingerprint density at radius 1 is 1.41 bits per heavy atom. The van der Waals surface area contributed by atoms with Gasteiger partial charge in [-0.15, -0.1) is 0 Å². The smallest absolute Gasteiger partial charge is 0.0295 e. The van der Waals surface area contributed by atoms with Crippen LogP contribution >= 0.6 is 0 Å². The number of piperidine rings is 1. The standard InChI is InChI=1S/C14H23N3/c1-11-10-14(6-9-17(11)3)16-12(2)13-4-7-15-8-5-13/h4-5,7-8,11-12,14,16H,6,9-10H2,1-3H3/t11?,12-,14?/m0/s1. The van der Waals surface area contributed by atoms with E-state index in [0.717, 1.165) is 0 Å². The topological polar surface area (TPSA) is 28.2 Å². The van der Waals surface area contributed by atoms with Gasteiger partial charge in [-0.1, -0.05) is 0 Å². The Morgan fingerprint density at radius 3 is 2.76 bits per heavy atom. The van der Waals surface area contributed by atoms with Gasteiger partial charge in [0.2, 0.25) is 0 Å². The van der Waals surface area contributed by atoms with Gasteiger partial charge in [0.15, 0.2) is 0 Å². The van der Waals surface area contributed by atoms with Crippen molar-refractivity contribution in [3.63, 3.8) is 0 Å². The molecule has 3 nitrogen and oxygen atoms in total. The first-order chi connectivity index (χ1) is 8.16. The third-order valence-electron chi connectivity index (χ3n) is 3.90. The van der Waals surface area contributed by atoms with E-state index in [4.69, 9.17) is 0 Å². The summed E-state index contributed by atoms with van der Waals surface area (Å²) < 4.78 is 0. The number of likely N-dealkylation sites (tertiary alicyclic amines) is 1. The summed E-state index contributed by atoms with van der Waals surface area (Å²) in [6.07, 6.45) is 6.22. The van der Waals surface area contributed by atoms with Crippen molar-refractivity contribution < 1.29 is 0 Å². The van der Waals surface area contributed by atoms with Gasteiger partial charge in [-0.25, -0.2) is 0 Å². The third kappa shape index (κ3) is 3.27. The van der Waals surface area contributed by atoms with Crippen LogP contribution in [0.15, 0.2) is 24.5 Å². The lowest BCUT2D eigenvalue weighted by Gasteiger charge is -2.36. The number of nitrogens with one attached hydrogen (secondary N) is 1. The molecule has 2 unspecified atom stereocenters. The molecule has 94 valence electrons. The highest BCUT2D eigenvalue weighted by Gasteiger charge is 2.23. The van der Waals surface area contributed by atoms with Crippen LogP contribution in [0.1, 0.15) is 38.3 Å². The molecule has 1 aliphatic rings. The molecule has 3 heteroatoms. The molecule has 3 atom stereocenters. The predicted molar refractivity (Wildman–Crippen MR) is 70.9 cm³/mol. The molecule has 2 heterocycles. The molecule has 1 aromatic heterocycles. The molecule has 0 saturated carbocycles. The summed E-state index contributed by atoms with van der Waals surface area (Å²) >= 11 is 0. The fraction of sp³-hybridized carbons (Fsp3) is 0.643. The van der Waals surface area contributed by atoms with Crippen LogP contribution < -0.4 is 5.32 Å². The van der Waals surface area contributed by atoms with E-state index in [9.17, 15) is 0 Å². The second kappa shape index (κ2) is 5.61. The number of aromatic nitrogens is 1. The molecule has 1 N–H and O–H groups in total. The Morgan fingerprint density at radius 2 is 2.12 bits per heavy atom. The minimum Gasteiger partial charge on any atom is -0.307 e. The van der Waals surface area contributed by atoms with Crippen LogP contribution in [-0.4, -0.2) is 35.6 Å². The van der Waals surface area contributed by atoms with Gasteiger partial charge in [0, 0.05) is 30.5 Å². The van der Waals surface area contributed by atoms with E-state index in [1.807, 2.05) is 12.4 Å². The lowest BCUT2D eigenvalue weighted by atomic mass is 9.97. The van der Waals surface area contributed by atoms with Crippen molar-refractivity contribution >= 4 is 0 Å². The van der Waals surface area contributed by atoms with Crippen LogP contribution in [0.4, 0.5) is 0 Å². The van der Waals surface area contributed by atoms with Crippen molar-refractivity contribution in [1.29, 1.82) is 0 Å². The molecule has 1 aromatic rings. The van der Waals surface area contributed by atoms with E-state index in [0.29, 0.717) is 18.1 Å². The predicted octanol–water partition coefficient (Wildman–Crippen LogP) is 2.21. The monoisotopic (exact) mass is 233 g/mol. The van der Waals surface area contributed by atoms with Gasteiger partial charge in [0.25, 0.3) is 0 Å². The molecule has 17 heavy (non-hydrogen) atoms. The van der Waals surface area contributed by atoms with Crippen LogP contribution in [0.2, 0.25) is 0 Å². The fourth-order valence-corrected chi connectivity index (χ4v) is 2.54. The second-order valence-corrected chi connectivity index (χ2v) is 5.22. The van der Waals surface area contributed by atoms with Crippen LogP contribution in [-0.2, 0) is 0 Å². The first kappa shape index (κ1) is 12.5. The summed E-state index contributed by atoms with van der Waals surface area (Å²) in [5.74, 6) is 0. The van der Waals surface area contributed by atoms with Crippen LogP contribution in [0, 0.1) is 0 Å². The number of rotatable bonds is 3. The summed E-state index contributed by atoms with van der Waals surface area (Å²) in [4.78, 5) is 6.50. The molecule has 0 bridgehead atoms. The van der Waals surface area contributed by atoms with E-state index in [1.54, 1.807) is 0 Å². The van der Waals surface area contributed by atoms with Gasteiger partial charge in [-0.2, -0.15) is 0 Å². The Balaban J connectivity index is 1.89. The molecule has 0 amide bonds. The second-order valence-electron chi connectivity index (χ2n) is 5.22. The van der Waals surface area contributed by atoms with Crippen LogP contribution in [0.25, 0.3) is 0 Å². The van der Waals surface area contributed by atoms with Crippen molar-refractivity contribution in [3.8, 4) is 0 Å². The van der Waals surface area contributed by atoms with Crippen molar-refractivity contribution in [3.05, 3.63) is 30.1 Å². The van der Waals surface area contributed by atoms with Crippen molar-refractivity contribution in [2.24, 2.45) is 0 Å². The van der Waals surface area contributed by atoms with Gasteiger partial charge in [-0.05, 0) is 58.0 Å². The number of hydrogen-bond donors (Lipinski definition) is 1. The third-order valence-corrected chi connectivity index (χ3v) is 3.90. The van der Waals surface area contributed by atoms with Crippen molar-refractivity contribution in [1.82, 2.24) is 15.2 Å². The van der Waals surface area contributed by atoms with E-state index in [2.05, 4.69) is 48.2 Å². The number of pyridine rings is 1. The molecule has 2 rings (SSSR count). The molecular weight excluding hydrogens is 210 g/mol. The molecule has 0 aliphatic carbocycles. The zero-order valence-electron chi connectivity index (χ0n) is 11.1. The van der Waals surface area contributed by atoms with Gasteiger partial charge >= 0.3 is 0 Å². The highest BCUT2D eigenvalue weighted by atomic mass is 15.1. The Hall–Kier alpha value is -0.930. The first-order valence-electron chi connectivity index (χ1n) is 6.53. The van der Waals surface area contributed by atoms with E-state index >= 15 is 0 Å². The molecule has 1 fully saturated rings. The average molecular weight is 233 g/mol. The first-order valence-corrected chi connectivity index (χ1v) is 6.53. The van der Waals surface area contributed by atoms with Gasteiger partial charge in [-0.3, -0.25) is 4.98 Å². The van der Waals surface area contributed by atoms with E-state index in [-0.39, 0.29) is 0 Å². The normalized spacial score (nSPS) is 27.9. The largest absolute Gasteiger partial charge is 0.307 e. The Kier molecular flexibility index (Phi) is 4.13. The highest BCUT2D eigenvalue weighted by molar-refractivity contribution is 5.14. The molecular formula is C14H23N3. The summed E-state index contributed by atoms with van der Waals surface area (Å²) in [5.41, 5.74) is 1.33.